The Bertz CT molecular complexity index is 765. The molecular formula is C23H34O8. The summed E-state index contributed by atoms with van der Waals surface area (Å²) in [4.78, 5) is 13.3. The molecule has 4 rings (SSSR count). The predicted octanol–water partition coefficient (Wildman–Crippen LogP) is 0.0375. The molecule has 4 N–H and O–H groups in total. The molecule has 12 unspecified atom stereocenters. The van der Waals surface area contributed by atoms with Crippen molar-refractivity contribution in [3.05, 3.63) is 23.8 Å². The molecule has 0 aromatic rings. The summed E-state index contributed by atoms with van der Waals surface area (Å²) in [6.07, 6.45) is 1.50. The van der Waals surface area contributed by atoms with Crippen LogP contribution in [-0.4, -0.2) is 82.8 Å². The molecule has 1 spiro atoms. The second-order valence-electron chi connectivity index (χ2n) is 9.65. The Labute approximate surface area is 182 Å². The van der Waals surface area contributed by atoms with Crippen molar-refractivity contribution in [3.8, 4) is 0 Å². The Balaban J connectivity index is 1.89. The molecule has 2 aliphatic heterocycles. The second-order valence-corrected chi connectivity index (χ2v) is 9.65. The van der Waals surface area contributed by atoms with Crippen molar-refractivity contribution in [1.82, 2.24) is 0 Å². The van der Waals surface area contributed by atoms with Crippen LogP contribution in [0, 0.1) is 35.5 Å². The highest BCUT2D eigenvalue weighted by Crippen LogP contribution is 2.61. The number of ether oxygens (including phenoxy) is 3. The minimum atomic E-state index is -1.23. The second kappa shape index (κ2) is 8.24. The number of esters is 1. The fourth-order valence-corrected chi connectivity index (χ4v) is 6.43. The number of methoxy groups -OCH3 is 1. The lowest BCUT2D eigenvalue weighted by molar-refractivity contribution is -0.172. The van der Waals surface area contributed by atoms with Crippen molar-refractivity contribution in [3.63, 3.8) is 0 Å². The van der Waals surface area contributed by atoms with Gasteiger partial charge in [-0.3, -0.25) is 4.79 Å². The average Bonchev–Trinajstić information content (AvgIpc) is 2.96. The number of hydrogen-bond donors (Lipinski definition) is 4. The molecule has 2 heterocycles. The molecule has 1 saturated heterocycles. The van der Waals surface area contributed by atoms with Gasteiger partial charge < -0.3 is 34.6 Å². The molecule has 2 aliphatic carbocycles. The summed E-state index contributed by atoms with van der Waals surface area (Å²) in [6.45, 7) is 5.07. The Morgan fingerprint density at radius 3 is 2.58 bits per heavy atom. The maximum Gasteiger partial charge on any atom is 0.312 e. The van der Waals surface area contributed by atoms with Gasteiger partial charge in [0.1, 0.15) is 17.8 Å². The van der Waals surface area contributed by atoms with Crippen LogP contribution >= 0.6 is 0 Å². The van der Waals surface area contributed by atoms with Gasteiger partial charge >= 0.3 is 5.97 Å². The van der Waals surface area contributed by atoms with Crippen LogP contribution in [0.3, 0.4) is 0 Å². The molecule has 12 atom stereocenters. The highest BCUT2D eigenvalue weighted by Gasteiger charge is 2.69. The zero-order valence-corrected chi connectivity index (χ0v) is 18.4. The molecule has 8 heteroatoms. The summed E-state index contributed by atoms with van der Waals surface area (Å²) < 4.78 is 17.7. The first kappa shape index (κ1) is 22.9. The van der Waals surface area contributed by atoms with Gasteiger partial charge in [0.25, 0.3) is 0 Å². The molecule has 4 bridgehead atoms. The number of cyclic esters (lactones) is 1. The van der Waals surface area contributed by atoms with Gasteiger partial charge in [0.2, 0.25) is 0 Å². The van der Waals surface area contributed by atoms with Gasteiger partial charge in [-0.15, -0.1) is 0 Å². The first-order valence-electron chi connectivity index (χ1n) is 11.1. The van der Waals surface area contributed by atoms with Crippen LogP contribution in [0.15, 0.2) is 23.8 Å². The maximum atomic E-state index is 13.3. The number of aliphatic hydroxyl groups excluding tert-OH is 4. The molecule has 1 saturated carbocycles. The molecule has 2 fully saturated rings. The van der Waals surface area contributed by atoms with E-state index in [1.165, 1.54) is 7.11 Å². The van der Waals surface area contributed by atoms with Crippen LogP contribution < -0.4 is 0 Å². The van der Waals surface area contributed by atoms with E-state index in [1.54, 1.807) is 0 Å². The lowest BCUT2D eigenvalue weighted by Crippen LogP contribution is -2.57. The summed E-state index contributed by atoms with van der Waals surface area (Å²) in [5, 5.41) is 41.9. The Kier molecular flexibility index (Phi) is 6.09. The van der Waals surface area contributed by atoms with E-state index < -0.39 is 66.5 Å². The van der Waals surface area contributed by atoms with Crippen molar-refractivity contribution in [2.75, 3.05) is 20.3 Å². The number of rotatable bonds is 4. The fourth-order valence-electron chi connectivity index (χ4n) is 6.43. The smallest absolute Gasteiger partial charge is 0.312 e. The van der Waals surface area contributed by atoms with E-state index in [0.29, 0.717) is 0 Å². The maximum absolute atomic E-state index is 13.3. The SMILES string of the molecule is COCC1C(=O)OC(C(O)CO)C(C)C=C(C)C23OC4C(O)C(C)C(O)C2C4C=CC13. The summed E-state index contributed by atoms with van der Waals surface area (Å²) >= 11 is 0. The van der Waals surface area contributed by atoms with E-state index in [4.69, 9.17) is 14.2 Å². The molecule has 31 heavy (non-hydrogen) atoms. The van der Waals surface area contributed by atoms with Crippen molar-refractivity contribution in [1.29, 1.82) is 0 Å². The van der Waals surface area contributed by atoms with Gasteiger partial charge in [0.15, 0.2) is 0 Å². The minimum Gasteiger partial charge on any atom is -0.459 e. The summed E-state index contributed by atoms with van der Waals surface area (Å²) in [5.74, 6) is -3.05. The topological polar surface area (TPSA) is 126 Å². The predicted molar refractivity (Wildman–Crippen MR) is 110 cm³/mol. The standard InChI is InChI=1S/C23H34O8/c1-10-7-11(2)23-15(14(9-29-4)22(28)30-20(10)16(25)8-24)6-5-13-17(23)18(26)12(3)19(27)21(13)31-23/h5-7,10,12-21,24-27H,8-9H2,1-4H3. The van der Waals surface area contributed by atoms with Crippen LogP contribution in [0.5, 0.6) is 0 Å². The first-order valence-corrected chi connectivity index (χ1v) is 11.1. The minimum absolute atomic E-state index is 0.0683. The molecule has 4 aliphatic rings. The van der Waals surface area contributed by atoms with E-state index in [-0.39, 0.29) is 24.4 Å². The zero-order chi connectivity index (χ0) is 22.7. The van der Waals surface area contributed by atoms with Gasteiger partial charge in [-0.25, -0.2) is 0 Å². The first-order chi connectivity index (χ1) is 14.7. The largest absolute Gasteiger partial charge is 0.459 e. The number of aliphatic hydroxyl groups is 4. The molecule has 0 radical (unpaired) electrons. The monoisotopic (exact) mass is 438 g/mol. The van der Waals surface area contributed by atoms with E-state index in [1.807, 2.05) is 39.0 Å². The van der Waals surface area contributed by atoms with Crippen LogP contribution in [0.25, 0.3) is 0 Å². The fraction of sp³-hybridized carbons (Fsp3) is 0.783. The van der Waals surface area contributed by atoms with Crippen molar-refractivity contribution >= 4 is 5.97 Å². The molecule has 0 aromatic heterocycles. The summed E-state index contributed by atoms with van der Waals surface area (Å²) in [7, 11) is 1.50. The third kappa shape index (κ3) is 3.22. The number of carbonyl (C=O) groups excluding carboxylic acids is 1. The van der Waals surface area contributed by atoms with Crippen molar-refractivity contribution in [2.24, 2.45) is 35.5 Å². The highest BCUT2D eigenvalue weighted by molar-refractivity contribution is 5.74. The Morgan fingerprint density at radius 1 is 1.23 bits per heavy atom. The molecule has 0 amide bonds. The molecule has 0 aromatic carbocycles. The normalized spacial score (nSPS) is 49.9. The summed E-state index contributed by atoms with van der Waals surface area (Å²) in [5.41, 5.74) is -0.188. The van der Waals surface area contributed by atoms with E-state index in [2.05, 4.69) is 0 Å². The van der Waals surface area contributed by atoms with Crippen molar-refractivity contribution < 1.29 is 39.4 Å². The van der Waals surface area contributed by atoms with Crippen molar-refractivity contribution in [2.45, 2.75) is 56.9 Å². The lowest BCUT2D eigenvalue weighted by atomic mass is 9.56. The van der Waals surface area contributed by atoms with Gasteiger partial charge in [-0.1, -0.05) is 32.1 Å². The molecular weight excluding hydrogens is 404 g/mol. The Morgan fingerprint density at radius 2 is 1.94 bits per heavy atom. The third-order valence-electron chi connectivity index (χ3n) is 7.99. The number of carbonyl (C=O) groups is 1. The van der Waals surface area contributed by atoms with Gasteiger partial charge in [-0.2, -0.15) is 0 Å². The number of hydrogen-bond acceptors (Lipinski definition) is 8. The lowest BCUT2D eigenvalue weighted by Gasteiger charge is -2.48. The van der Waals surface area contributed by atoms with E-state index >= 15 is 0 Å². The zero-order valence-electron chi connectivity index (χ0n) is 18.4. The van der Waals surface area contributed by atoms with Gasteiger partial charge in [0, 0.05) is 36.7 Å². The van der Waals surface area contributed by atoms with Gasteiger partial charge in [-0.05, 0) is 12.5 Å². The molecule has 8 nitrogen and oxygen atoms in total. The van der Waals surface area contributed by atoms with Gasteiger partial charge in [0.05, 0.1) is 37.4 Å². The van der Waals surface area contributed by atoms with E-state index in [0.717, 1.165) is 5.57 Å². The van der Waals surface area contributed by atoms with Crippen LogP contribution in [-0.2, 0) is 19.0 Å². The summed E-state index contributed by atoms with van der Waals surface area (Å²) in [6, 6.07) is 0. The quantitative estimate of drug-likeness (QED) is 0.358. The average molecular weight is 439 g/mol. The third-order valence-corrected chi connectivity index (χ3v) is 7.99. The van der Waals surface area contributed by atoms with Crippen LogP contribution in [0.1, 0.15) is 20.8 Å². The van der Waals surface area contributed by atoms with E-state index in [9.17, 15) is 25.2 Å². The van der Waals surface area contributed by atoms with Crippen LogP contribution in [0.2, 0.25) is 0 Å². The van der Waals surface area contributed by atoms with Crippen LogP contribution in [0.4, 0.5) is 0 Å². The Hall–Kier alpha value is -1.29. The molecule has 174 valence electrons. The highest BCUT2D eigenvalue weighted by atomic mass is 16.6.